The van der Waals surface area contributed by atoms with Crippen LogP contribution in [0.2, 0.25) is 0 Å². The second kappa shape index (κ2) is 9.41. The molecule has 1 atom stereocenters. The van der Waals surface area contributed by atoms with Crippen molar-refractivity contribution in [3.8, 4) is 0 Å². The van der Waals surface area contributed by atoms with Crippen molar-refractivity contribution in [3.63, 3.8) is 0 Å². The molecule has 0 amide bonds. The topological polar surface area (TPSA) is 104 Å². The van der Waals surface area contributed by atoms with Gasteiger partial charge in [-0.25, -0.2) is 17.9 Å². The standard InChI is InChI=1S/C22H35NO5S/c1-13(2)9-17(21(25)26)19(22(6,7)8)18(24)12-23-29(27,28)20-15(4)10-14(3)11-16(20)5/h10-11,13,18,23-24H,9,12H2,1-8H3,(H,25,26)/t18-/m1/s1. The maximum Gasteiger partial charge on any atom is 0.331 e. The molecule has 29 heavy (non-hydrogen) atoms. The van der Waals surface area contributed by atoms with Crippen molar-refractivity contribution in [3.05, 3.63) is 40.0 Å². The summed E-state index contributed by atoms with van der Waals surface area (Å²) >= 11 is 0. The number of hydrogen-bond acceptors (Lipinski definition) is 4. The number of carboxylic acid groups (broad SMARTS) is 1. The van der Waals surface area contributed by atoms with E-state index in [9.17, 15) is 23.4 Å². The highest BCUT2D eigenvalue weighted by Crippen LogP contribution is 2.33. The molecule has 0 spiro atoms. The van der Waals surface area contributed by atoms with E-state index in [1.807, 2.05) is 41.5 Å². The molecule has 0 unspecified atom stereocenters. The summed E-state index contributed by atoms with van der Waals surface area (Å²) in [5, 5.41) is 20.5. The number of aliphatic hydroxyl groups excluding tert-OH is 1. The lowest BCUT2D eigenvalue weighted by Crippen LogP contribution is -2.38. The number of aliphatic carboxylic acids is 1. The second-order valence-electron chi connectivity index (χ2n) is 9.14. The van der Waals surface area contributed by atoms with E-state index in [4.69, 9.17) is 0 Å². The molecule has 1 aromatic rings. The van der Waals surface area contributed by atoms with Crippen molar-refractivity contribution >= 4 is 16.0 Å². The maximum atomic E-state index is 12.9. The summed E-state index contributed by atoms with van der Waals surface area (Å²) < 4.78 is 28.2. The van der Waals surface area contributed by atoms with Crippen LogP contribution in [0.5, 0.6) is 0 Å². The highest BCUT2D eigenvalue weighted by Gasteiger charge is 2.32. The van der Waals surface area contributed by atoms with Crippen molar-refractivity contribution in [1.29, 1.82) is 0 Å². The van der Waals surface area contributed by atoms with E-state index in [1.165, 1.54) is 0 Å². The normalized spacial score (nSPS) is 14.7. The number of benzene rings is 1. The molecule has 0 saturated carbocycles. The lowest BCUT2D eigenvalue weighted by atomic mass is 9.78. The Balaban J connectivity index is 3.29. The van der Waals surface area contributed by atoms with Gasteiger partial charge < -0.3 is 10.2 Å². The molecule has 1 rings (SSSR count). The van der Waals surface area contributed by atoms with Crippen LogP contribution in [-0.4, -0.2) is 37.2 Å². The minimum absolute atomic E-state index is 0.0835. The van der Waals surface area contributed by atoms with Crippen molar-refractivity contribution in [2.75, 3.05) is 6.54 Å². The molecule has 164 valence electrons. The van der Waals surface area contributed by atoms with Crippen LogP contribution in [-0.2, 0) is 14.8 Å². The third-order valence-corrected chi connectivity index (χ3v) is 6.41. The monoisotopic (exact) mass is 425 g/mol. The molecule has 0 bridgehead atoms. The Labute approximate surface area is 175 Å². The first-order chi connectivity index (χ1) is 13.1. The van der Waals surface area contributed by atoms with Gasteiger partial charge in [0.1, 0.15) is 0 Å². The Morgan fingerprint density at radius 3 is 1.97 bits per heavy atom. The van der Waals surface area contributed by atoms with Crippen LogP contribution in [0.1, 0.15) is 57.7 Å². The highest BCUT2D eigenvalue weighted by molar-refractivity contribution is 7.89. The van der Waals surface area contributed by atoms with E-state index in [-0.39, 0.29) is 22.9 Å². The first-order valence-corrected chi connectivity index (χ1v) is 11.3. The molecule has 0 heterocycles. The van der Waals surface area contributed by atoms with E-state index in [1.54, 1.807) is 26.0 Å². The molecule has 6 nitrogen and oxygen atoms in total. The fraction of sp³-hybridized carbons (Fsp3) is 0.591. The Kier molecular flexibility index (Phi) is 8.22. The summed E-state index contributed by atoms with van der Waals surface area (Å²) in [5.41, 5.74) is 2.07. The average molecular weight is 426 g/mol. The molecule has 0 radical (unpaired) electrons. The molecule has 0 aromatic heterocycles. The molecule has 3 N–H and O–H groups in total. The summed E-state index contributed by atoms with van der Waals surface area (Å²) in [6.45, 7) is 14.3. The van der Waals surface area contributed by atoms with Crippen LogP contribution in [0.25, 0.3) is 0 Å². The van der Waals surface area contributed by atoms with Crippen LogP contribution in [0.4, 0.5) is 0 Å². The van der Waals surface area contributed by atoms with Gasteiger partial charge in [-0.3, -0.25) is 0 Å². The minimum Gasteiger partial charge on any atom is -0.478 e. The van der Waals surface area contributed by atoms with E-state index in [2.05, 4.69) is 4.72 Å². The van der Waals surface area contributed by atoms with Gasteiger partial charge in [0.05, 0.1) is 11.0 Å². The van der Waals surface area contributed by atoms with E-state index < -0.39 is 27.5 Å². The molecular weight excluding hydrogens is 390 g/mol. The largest absolute Gasteiger partial charge is 0.478 e. The van der Waals surface area contributed by atoms with Crippen molar-refractivity contribution in [1.82, 2.24) is 4.72 Å². The highest BCUT2D eigenvalue weighted by atomic mass is 32.2. The first kappa shape index (κ1) is 25.3. The lowest BCUT2D eigenvalue weighted by molar-refractivity contribution is -0.133. The zero-order valence-corrected chi connectivity index (χ0v) is 19.6. The second-order valence-corrected chi connectivity index (χ2v) is 10.8. The Hall–Kier alpha value is -1.70. The van der Waals surface area contributed by atoms with Gasteiger partial charge in [-0.1, -0.05) is 52.3 Å². The summed E-state index contributed by atoms with van der Waals surface area (Å²) in [7, 11) is -3.86. The zero-order chi connectivity index (χ0) is 22.7. The quantitative estimate of drug-likeness (QED) is 0.551. The van der Waals surface area contributed by atoms with Crippen LogP contribution in [0.15, 0.2) is 28.2 Å². The number of carboxylic acids is 1. The van der Waals surface area contributed by atoms with Crippen LogP contribution < -0.4 is 4.72 Å². The number of aliphatic hydroxyl groups is 1. The van der Waals surface area contributed by atoms with E-state index in [0.29, 0.717) is 23.1 Å². The zero-order valence-electron chi connectivity index (χ0n) is 18.8. The Morgan fingerprint density at radius 2 is 1.59 bits per heavy atom. The van der Waals surface area contributed by atoms with Crippen LogP contribution in [0, 0.1) is 32.1 Å². The molecule has 0 saturated heterocycles. The first-order valence-electron chi connectivity index (χ1n) is 9.80. The van der Waals surface area contributed by atoms with Crippen molar-refractivity contribution < 1.29 is 23.4 Å². The number of rotatable bonds is 8. The lowest BCUT2D eigenvalue weighted by Gasteiger charge is -2.30. The Bertz CT molecular complexity index is 869. The molecular formula is C22H35NO5S. The molecule has 0 aliphatic heterocycles. The third kappa shape index (κ3) is 6.66. The minimum atomic E-state index is -3.86. The fourth-order valence-electron chi connectivity index (χ4n) is 3.83. The van der Waals surface area contributed by atoms with E-state index >= 15 is 0 Å². The Morgan fingerprint density at radius 1 is 1.10 bits per heavy atom. The summed E-state index contributed by atoms with van der Waals surface area (Å²) in [5.74, 6) is -1.00. The van der Waals surface area contributed by atoms with Gasteiger partial charge in [-0.05, 0) is 55.2 Å². The van der Waals surface area contributed by atoms with Gasteiger partial charge in [-0.15, -0.1) is 0 Å². The SMILES string of the molecule is Cc1cc(C)c(S(=O)(=O)NC[C@@H](O)C(=C(CC(C)C)C(=O)O)C(C)(C)C)c(C)c1. The number of sulfonamides is 1. The summed E-state index contributed by atoms with van der Waals surface area (Å²) in [6, 6.07) is 3.59. The van der Waals surface area contributed by atoms with Gasteiger partial charge in [0.25, 0.3) is 0 Å². The smallest absolute Gasteiger partial charge is 0.331 e. The average Bonchev–Trinajstić information content (AvgIpc) is 2.49. The predicted molar refractivity (Wildman–Crippen MR) is 115 cm³/mol. The molecule has 7 heteroatoms. The van der Waals surface area contributed by atoms with Gasteiger partial charge in [0, 0.05) is 12.1 Å². The summed E-state index contributed by atoms with van der Waals surface area (Å²) in [6.07, 6.45) is -0.956. The predicted octanol–water partition coefficient (Wildman–Crippen LogP) is 3.72. The van der Waals surface area contributed by atoms with Crippen LogP contribution >= 0.6 is 0 Å². The van der Waals surface area contributed by atoms with Gasteiger partial charge >= 0.3 is 5.97 Å². The fourth-order valence-corrected chi connectivity index (χ4v) is 5.32. The molecule has 1 aromatic carbocycles. The number of nitrogens with one attached hydrogen (secondary N) is 1. The van der Waals surface area contributed by atoms with Crippen LogP contribution in [0.3, 0.4) is 0 Å². The molecule has 0 fully saturated rings. The molecule has 0 aliphatic carbocycles. The van der Waals surface area contributed by atoms with Crippen molar-refractivity contribution in [2.45, 2.75) is 72.8 Å². The molecule has 0 aliphatic rings. The van der Waals surface area contributed by atoms with Crippen molar-refractivity contribution in [2.24, 2.45) is 11.3 Å². The van der Waals surface area contributed by atoms with Gasteiger partial charge in [0.15, 0.2) is 0 Å². The summed E-state index contributed by atoms with van der Waals surface area (Å²) in [4.78, 5) is 12.1. The third-order valence-electron chi connectivity index (χ3n) is 4.68. The maximum absolute atomic E-state index is 12.9. The van der Waals surface area contributed by atoms with E-state index in [0.717, 1.165) is 5.56 Å². The van der Waals surface area contributed by atoms with Gasteiger partial charge in [0.2, 0.25) is 10.0 Å². The number of aryl methyl sites for hydroxylation is 3. The van der Waals surface area contributed by atoms with Gasteiger partial charge in [-0.2, -0.15) is 0 Å². The number of carbonyl (C=O) groups is 1. The number of hydrogen-bond donors (Lipinski definition) is 3.